The molecule has 2 aromatic rings. The number of thiophene rings is 1. The largest absolute Gasteiger partial charge is 0.339 e. The minimum Gasteiger partial charge on any atom is -0.339 e. The number of hydrogen-bond donors (Lipinski definition) is 1. The Balaban J connectivity index is 1.92. The number of hydrogen-bond acceptors (Lipinski definition) is 3. The van der Waals surface area contributed by atoms with Crippen LogP contribution in [0.1, 0.15) is 10.4 Å². The van der Waals surface area contributed by atoms with E-state index in [0.29, 0.717) is 13.0 Å². The van der Waals surface area contributed by atoms with Crippen LogP contribution < -0.4 is 5.73 Å². The predicted molar refractivity (Wildman–Crippen MR) is 83.9 cm³/mol. The van der Waals surface area contributed by atoms with Gasteiger partial charge in [-0.25, -0.2) is 0 Å². The van der Waals surface area contributed by atoms with Crippen LogP contribution in [0.15, 0.2) is 42.5 Å². The van der Waals surface area contributed by atoms with Gasteiger partial charge in [-0.2, -0.15) is 0 Å². The van der Waals surface area contributed by atoms with Gasteiger partial charge in [0.2, 0.25) is 5.91 Å². The van der Waals surface area contributed by atoms with Crippen LogP contribution in [0, 0.1) is 0 Å². The van der Waals surface area contributed by atoms with E-state index in [4.69, 9.17) is 17.3 Å². The van der Waals surface area contributed by atoms with Crippen molar-refractivity contribution < 1.29 is 4.79 Å². The highest BCUT2D eigenvalue weighted by molar-refractivity contribution is 7.16. The number of nitrogens with two attached hydrogens (primary N) is 1. The molecule has 2 N–H and O–H groups in total. The van der Waals surface area contributed by atoms with Crippen LogP contribution in [-0.4, -0.2) is 23.9 Å². The van der Waals surface area contributed by atoms with Crippen LogP contribution in [0.5, 0.6) is 0 Å². The fourth-order valence-corrected chi connectivity index (χ4v) is 3.13. The molecule has 1 unspecified atom stereocenters. The summed E-state index contributed by atoms with van der Waals surface area (Å²) in [5, 5.41) is 0. The number of rotatable bonds is 5. The lowest BCUT2D eigenvalue weighted by molar-refractivity contribution is -0.131. The molecular weight excluding hydrogens is 292 g/mol. The summed E-state index contributed by atoms with van der Waals surface area (Å²) in [5.74, 6) is -0.0571. The van der Waals surface area contributed by atoms with Crippen LogP contribution in [0.4, 0.5) is 0 Å². The molecule has 2 rings (SSSR count). The molecule has 1 heterocycles. The third-order valence-corrected chi connectivity index (χ3v) is 4.23. The van der Waals surface area contributed by atoms with Gasteiger partial charge in [-0.15, -0.1) is 11.3 Å². The number of carbonyl (C=O) groups is 1. The Hall–Kier alpha value is -1.36. The normalized spacial score (nSPS) is 12.2. The molecule has 0 saturated carbocycles. The van der Waals surface area contributed by atoms with E-state index in [0.717, 1.165) is 14.8 Å². The summed E-state index contributed by atoms with van der Waals surface area (Å²) in [5.41, 5.74) is 7.07. The second kappa shape index (κ2) is 6.88. The first-order valence-electron chi connectivity index (χ1n) is 6.35. The molecule has 20 heavy (non-hydrogen) atoms. The number of benzene rings is 1. The molecule has 5 heteroatoms. The lowest BCUT2D eigenvalue weighted by Crippen LogP contribution is -2.42. The zero-order chi connectivity index (χ0) is 14.5. The molecule has 1 atom stereocenters. The number of carbonyl (C=O) groups excluding carboxylic acids is 1. The smallest absolute Gasteiger partial charge is 0.239 e. The second-order valence-corrected chi connectivity index (χ2v) is 6.50. The van der Waals surface area contributed by atoms with Crippen molar-refractivity contribution in [2.24, 2.45) is 5.73 Å². The van der Waals surface area contributed by atoms with E-state index in [9.17, 15) is 4.79 Å². The first-order valence-corrected chi connectivity index (χ1v) is 7.54. The van der Waals surface area contributed by atoms with E-state index in [2.05, 4.69) is 0 Å². The van der Waals surface area contributed by atoms with Gasteiger partial charge in [-0.3, -0.25) is 4.79 Å². The Kier molecular flexibility index (Phi) is 5.17. The lowest BCUT2D eigenvalue weighted by Gasteiger charge is -2.20. The van der Waals surface area contributed by atoms with Crippen LogP contribution in [0.2, 0.25) is 4.34 Å². The number of likely N-dealkylation sites (N-methyl/N-ethyl adjacent to an activating group) is 1. The van der Waals surface area contributed by atoms with Crippen molar-refractivity contribution in [1.29, 1.82) is 0 Å². The quantitative estimate of drug-likeness (QED) is 0.923. The van der Waals surface area contributed by atoms with Crippen molar-refractivity contribution in [1.82, 2.24) is 4.90 Å². The molecule has 1 aromatic carbocycles. The van der Waals surface area contributed by atoms with Crippen molar-refractivity contribution in [3.63, 3.8) is 0 Å². The molecule has 0 aliphatic heterocycles. The van der Waals surface area contributed by atoms with Crippen molar-refractivity contribution in [3.05, 3.63) is 57.2 Å². The minimum absolute atomic E-state index is 0.0571. The van der Waals surface area contributed by atoms with Crippen LogP contribution >= 0.6 is 22.9 Å². The average molecular weight is 309 g/mol. The molecule has 0 radical (unpaired) electrons. The maximum absolute atomic E-state index is 12.2. The predicted octanol–water partition coefficient (Wildman–Crippen LogP) is 2.93. The fraction of sp³-hybridized carbons (Fsp3) is 0.267. The van der Waals surface area contributed by atoms with Gasteiger partial charge >= 0.3 is 0 Å². The van der Waals surface area contributed by atoms with Gasteiger partial charge in [-0.1, -0.05) is 41.9 Å². The first-order chi connectivity index (χ1) is 9.56. The zero-order valence-electron chi connectivity index (χ0n) is 11.3. The molecule has 0 fully saturated rings. The van der Waals surface area contributed by atoms with E-state index >= 15 is 0 Å². The summed E-state index contributed by atoms with van der Waals surface area (Å²) >= 11 is 7.36. The van der Waals surface area contributed by atoms with E-state index in [1.165, 1.54) is 11.3 Å². The Morgan fingerprint density at radius 1 is 1.30 bits per heavy atom. The first kappa shape index (κ1) is 15.0. The summed E-state index contributed by atoms with van der Waals surface area (Å²) < 4.78 is 0.731. The number of amides is 1. The lowest BCUT2D eigenvalue weighted by atomic mass is 10.1. The third-order valence-electron chi connectivity index (χ3n) is 3.01. The standard InChI is InChI=1S/C15H17ClN2OS/c1-18(10-12-7-8-14(16)20-12)15(19)13(17)9-11-5-3-2-4-6-11/h2-8,13H,9-10,17H2,1H3. The molecule has 0 bridgehead atoms. The average Bonchev–Trinajstić information content (AvgIpc) is 2.84. The van der Waals surface area contributed by atoms with Gasteiger partial charge in [0, 0.05) is 11.9 Å². The fourth-order valence-electron chi connectivity index (χ4n) is 1.99. The van der Waals surface area contributed by atoms with Gasteiger partial charge in [0.1, 0.15) is 0 Å². The molecule has 106 valence electrons. The molecule has 0 saturated heterocycles. The molecule has 0 spiro atoms. The number of nitrogens with zero attached hydrogens (tertiary/aromatic N) is 1. The Morgan fingerprint density at radius 3 is 2.60 bits per heavy atom. The van der Waals surface area contributed by atoms with Gasteiger partial charge in [0.15, 0.2) is 0 Å². The van der Waals surface area contributed by atoms with E-state index in [1.807, 2.05) is 42.5 Å². The van der Waals surface area contributed by atoms with E-state index in [-0.39, 0.29) is 5.91 Å². The van der Waals surface area contributed by atoms with Gasteiger partial charge < -0.3 is 10.6 Å². The highest BCUT2D eigenvalue weighted by Gasteiger charge is 2.18. The molecule has 1 amide bonds. The highest BCUT2D eigenvalue weighted by atomic mass is 35.5. The summed E-state index contributed by atoms with van der Waals surface area (Å²) in [6.07, 6.45) is 0.551. The second-order valence-electron chi connectivity index (χ2n) is 4.70. The van der Waals surface area contributed by atoms with Crippen molar-refractivity contribution in [3.8, 4) is 0 Å². The Labute approximate surface area is 128 Å². The molecule has 0 aliphatic carbocycles. The number of halogens is 1. The summed E-state index contributed by atoms with van der Waals surface area (Å²) in [6, 6.07) is 13.1. The maximum atomic E-state index is 12.2. The maximum Gasteiger partial charge on any atom is 0.239 e. The van der Waals surface area contributed by atoms with Crippen molar-refractivity contribution >= 4 is 28.8 Å². The van der Waals surface area contributed by atoms with Crippen molar-refractivity contribution in [2.75, 3.05) is 7.05 Å². The third kappa shape index (κ3) is 4.07. The monoisotopic (exact) mass is 308 g/mol. The Bertz CT molecular complexity index is 570. The molecule has 3 nitrogen and oxygen atoms in total. The topological polar surface area (TPSA) is 46.3 Å². The van der Waals surface area contributed by atoms with E-state index < -0.39 is 6.04 Å². The summed E-state index contributed by atoms with van der Waals surface area (Å²) in [6.45, 7) is 0.540. The Morgan fingerprint density at radius 2 is 2.00 bits per heavy atom. The van der Waals surface area contributed by atoms with Gasteiger partial charge in [-0.05, 0) is 24.1 Å². The molecule has 1 aromatic heterocycles. The van der Waals surface area contributed by atoms with Crippen molar-refractivity contribution in [2.45, 2.75) is 19.0 Å². The molecular formula is C15H17ClN2OS. The van der Waals surface area contributed by atoms with E-state index in [1.54, 1.807) is 11.9 Å². The zero-order valence-corrected chi connectivity index (χ0v) is 12.8. The van der Waals surface area contributed by atoms with Crippen LogP contribution in [0.25, 0.3) is 0 Å². The SMILES string of the molecule is CN(Cc1ccc(Cl)s1)C(=O)C(N)Cc1ccccc1. The van der Waals surface area contributed by atoms with Crippen LogP contribution in [-0.2, 0) is 17.8 Å². The van der Waals surface area contributed by atoms with Gasteiger partial charge in [0.25, 0.3) is 0 Å². The summed E-state index contributed by atoms with van der Waals surface area (Å²) in [7, 11) is 1.76. The minimum atomic E-state index is -0.516. The van der Waals surface area contributed by atoms with Crippen LogP contribution in [0.3, 0.4) is 0 Å². The summed E-state index contributed by atoms with van der Waals surface area (Å²) in [4.78, 5) is 14.9. The molecule has 0 aliphatic rings. The van der Waals surface area contributed by atoms with Gasteiger partial charge in [0.05, 0.1) is 16.9 Å². The highest BCUT2D eigenvalue weighted by Crippen LogP contribution is 2.22.